The predicted molar refractivity (Wildman–Crippen MR) is 155 cm³/mol. The summed E-state index contributed by atoms with van der Waals surface area (Å²) in [5.41, 5.74) is 10.8. The van der Waals surface area contributed by atoms with Gasteiger partial charge in [-0.2, -0.15) is 0 Å². The number of imidazole rings is 1. The fraction of sp³-hybridized carbons (Fsp3) is 0.393. The minimum atomic E-state index is 0.201. The van der Waals surface area contributed by atoms with E-state index in [-0.39, 0.29) is 6.04 Å². The Morgan fingerprint density at radius 1 is 0.897 bits per heavy atom. The van der Waals surface area contributed by atoms with Crippen LogP contribution in [0.4, 0.5) is 17.3 Å². The van der Waals surface area contributed by atoms with Crippen LogP contribution in [0.25, 0.3) is 16.9 Å². The van der Waals surface area contributed by atoms with Gasteiger partial charge in [0.15, 0.2) is 0 Å². The molecular formula is C28H33ClN8O2. The lowest BCUT2D eigenvalue weighted by Gasteiger charge is -2.37. The van der Waals surface area contributed by atoms with Crippen molar-refractivity contribution in [3.8, 4) is 22.8 Å². The summed E-state index contributed by atoms with van der Waals surface area (Å²) in [4.78, 5) is 21.1. The molecule has 2 fully saturated rings. The number of hydrogen-bond acceptors (Lipinski definition) is 9. The normalized spacial score (nSPS) is 18.1. The molecule has 0 radical (unpaired) electrons. The first-order valence-electron chi connectivity index (χ1n) is 13.3. The summed E-state index contributed by atoms with van der Waals surface area (Å²) in [6, 6.07) is 8.07. The van der Waals surface area contributed by atoms with Crippen molar-refractivity contribution in [1.29, 1.82) is 0 Å². The number of nitrogens with two attached hydrogens (primary N) is 1. The van der Waals surface area contributed by atoms with Crippen molar-refractivity contribution in [2.24, 2.45) is 5.73 Å². The van der Waals surface area contributed by atoms with Crippen molar-refractivity contribution < 1.29 is 9.47 Å². The molecule has 11 heteroatoms. The maximum absolute atomic E-state index is 6.40. The fourth-order valence-electron chi connectivity index (χ4n) is 5.41. The molecule has 1 atom stereocenters. The number of hydrogen-bond donors (Lipinski definition) is 1. The zero-order valence-electron chi connectivity index (χ0n) is 22.3. The van der Waals surface area contributed by atoms with Gasteiger partial charge in [-0.05, 0) is 25.0 Å². The van der Waals surface area contributed by atoms with Crippen molar-refractivity contribution in [2.45, 2.75) is 18.9 Å². The van der Waals surface area contributed by atoms with E-state index < -0.39 is 0 Å². The number of piperidine rings is 1. The first-order chi connectivity index (χ1) is 19.0. The Bertz CT molecular complexity index is 1450. The third-order valence-electron chi connectivity index (χ3n) is 7.57. The number of nitrogens with zero attached hydrogens (tertiary/aromatic N) is 7. The predicted octanol–water partition coefficient (Wildman–Crippen LogP) is 3.72. The van der Waals surface area contributed by atoms with Crippen LogP contribution in [0.3, 0.4) is 0 Å². The van der Waals surface area contributed by atoms with Gasteiger partial charge in [0.1, 0.15) is 17.1 Å². The van der Waals surface area contributed by atoms with Crippen molar-refractivity contribution >= 4 is 34.6 Å². The Morgan fingerprint density at radius 2 is 1.62 bits per heavy atom. The smallest absolute Gasteiger partial charge is 0.225 e. The van der Waals surface area contributed by atoms with Gasteiger partial charge in [0.25, 0.3) is 0 Å². The minimum Gasteiger partial charge on any atom is -0.496 e. The summed E-state index contributed by atoms with van der Waals surface area (Å²) >= 11 is 6.40. The number of anilines is 3. The lowest BCUT2D eigenvalue weighted by Crippen LogP contribution is -2.46. The molecule has 1 unspecified atom stereocenters. The van der Waals surface area contributed by atoms with Crippen LogP contribution >= 0.6 is 11.6 Å². The summed E-state index contributed by atoms with van der Waals surface area (Å²) in [5.74, 6) is 2.00. The van der Waals surface area contributed by atoms with Gasteiger partial charge in [0.2, 0.25) is 5.95 Å². The summed E-state index contributed by atoms with van der Waals surface area (Å²) < 4.78 is 12.9. The number of methoxy groups -OCH3 is 2. The molecule has 0 aliphatic carbocycles. The van der Waals surface area contributed by atoms with Gasteiger partial charge < -0.3 is 34.3 Å². The Morgan fingerprint density at radius 3 is 2.31 bits per heavy atom. The topological polar surface area (TPSA) is 97.3 Å². The van der Waals surface area contributed by atoms with E-state index in [0.717, 1.165) is 86.3 Å². The van der Waals surface area contributed by atoms with Crippen LogP contribution in [0.15, 0.2) is 49.1 Å². The van der Waals surface area contributed by atoms with Crippen LogP contribution < -0.4 is 29.9 Å². The van der Waals surface area contributed by atoms with E-state index in [9.17, 15) is 0 Å². The van der Waals surface area contributed by atoms with E-state index in [4.69, 9.17) is 31.8 Å². The van der Waals surface area contributed by atoms with E-state index >= 15 is 0 Å². The molecule has 2 aliphatic heterocycles. The van der Waals surface area contributed by atoms with E-state index in [1.165, 1.54) is 0 Å². The molecule has 0 amide bonds. The molecule has 10 nitrogen and oxygen atoms in total. The average molecular weight is 549 g/mol. The second-order valence-corrected chi connectivity index (χ2v) is 10.4. The van der Waals surface area contributed by atoms with Crippen molar-refractivity contribution in [3.63, 3.8) is 0 Å². The quantitative estimate of drug-likeness (QED) is 0.386. The van der Waals surface area contributed by atoms with E-state index in [1.807, 2.05) is 35.3 Å². The number of rotatable bonds is 6. The highest BCUT2D eigenvalue weighted by atomic mass is 35.5. The summed E-state index contributed by atoms with van der Waals surface area (Å²) in [6.45, 7) is 5.37. The largest absolute Gasteiger partial charge is 0.496 e. The maximum Gasteiger partial charge on any atom is 0.225 e. The Kier molecular flexibility index (Phi) is 7.05. The number of ether oxygens (including phenoxy) is 2. The second kappa shape index (κ2) is 10.8. The minimum absolute atomic E-state index is 0.201. The number of aromatic nitrogens is 4. The Labute approximate surface area is 232 Å². The SMILES string of the molecule is COc1cc(OC)c(-c2cn3ccc(N4CCN(c5cnc(N6CCCC(N)C6)nc5)CC4)cc3n2)cc1Cl. The monoisotopic (exact) mass is 548 g/mol. The number of benzene rings is 1. The highest BCUT2D eigenvalue weighted by molar-refractivity contribution is 6.32. The zero-order chi connectivity index (χ0) is 26.9. The summed E-state index contributed by atoms with van der Waals surface area (Å²) in [5, 5.41) is 0.514. The first kappa shape index (κ1) is 25.5. The molecule has 5 heterocycles. The molecule has 1 aromatic carbocycles. The fourth-order valence-corrected chi connectivity index (χ4v) is 5.65. The van der Waals surface area contributed by atoms with Gasteiger partial charge in [0.05, 0.1) is 43.0 Å². The van der Waals surface area contributed by atoms with Gasteiger partial charge in [-0.3, -0.25) is 0 Å². The highest BCUT2D eigenvalue weighted by Gasteiger charge is 2.22. The van der Waals surface area contributed by atoms with Crippen LogP contribution in [-0.2, 0) is 0 Å². The molecular weight excluding hydrogens is 516 g/mol. The van der Waals surface area contributed by atoms with Gasteiger partial charge in [-0.25, -0.2) is 15.0 Å². The Hall–Kier alpha value is -3.76. The summed E-state index contributed by atoms with van der Waals surface area (Å²) in [7, 11) is 3.22. The van der Waals surface area contributed by atoms with Crippen LogP contribution in [-0.4, -0.2) is 78.9 Å². The molecule has 2 N–H and O–H groups in total. The standard InChI is InChI=1S/C28H33ClN8O2/c1-38-25-14-26(39-2)23(29)13-22(25)24-18-36-7-5-20(12-27(36)33-24)34-8-10-35(11-9-34)21-15-31-28(32-16-21)37-6-3-4-19(30)17-37/h5,7,12-16,18-19H,3-4,6,8-11,17,30H2,1-2H3. The van der Waals surface area contributed by atoms with Crippen LogP contribution in [0, 0.1) is 0 Å². The molecule has 2 saturated heterocycles. The van der Waals surface area contributed by atoms with Crippen molar-refractivity contribution in [2.75, 3.05) is 68.2 Å². The highest BCUT2D eigenvalue weighted by Crippen LogP contribution is 2.38. The Balaban J connectivity index is 1.14. The molecule has 204 valence electrons. The van der Waals surface area contributed by atoms with E-state index in [1.54, 1.807) is 20.3 Å². The molecule has 2 aliphatic rings. The maximum atomic E-state index is 6.40. The second-order valence-electron chi connectivity index (χ2n) is 10.0. The zero-order valence-corrected chi connectivity index (χ0v) is 23.0. The molecule has 6 rings (SSSR count). The molecule has 0 saturated carbocycles. The lowest BCUT2D eigenvalue weighted by molar-refractivity contribution is 0.395. The van der Waals surface area contributed by atoms with Crippen LogP contribution in [0.1, 0.15) is 12.8 Å². The van der Waals surface area contributed by atoms with Gasteiger partial charge in [-0.1, -0.05) is 11.6 Å². The number of halogens is 1. The molecule has 0 spiro atoms. The van der Waals surface area contributed by atoms with Crippen LogP contribution in [0.5, 0.6) is 11.5 Å². The number of piperazine rings is 1. The van der Waals surface area contributed by atoms with Gasteiger partial charge in [-0.15, -0.1) is 0 Å². The van der Waals surface area contributed by atoms with Crippen LogP contribution in [0.2, 0.25) is 5.02 Å². The first-order valence-corrected chi connectivity index (χ1v) is 13.6. The third kappa shape index (κ3) is 5.14. The van der Waals surface area contributed by atoms with Crippen molar-refractivity contribution in [3.05, 3.63) is 54.1 Å². The number of pyridine rings is 1. The van der Waals surface area contributed by atoms with Gasteiger partial charge in [0, 0.05) is 81.1 Å². The third-order valence-corrected chi connectivity index (χ3v) is 7.86. The van der Waals surface area contributed by atoms with Crippen molar-refractivity contribution in [1.82, 2.24) is 19.4 Å². The van der Waals surface area contributed by atoms with E-state index in [0.29, 0.717) is 16.5 Å². The van der Waals surface area contributed by atoms with E-state index in [2.05, 4.69) is 36.8 Å². The molecule has 3 aromatic heterocycles. The summed E-state index contributed by atoms with van der Waals surface area (Å²) in [6.07, 6.45) is 10.1. The van der Waals surface area contributed by atoms with Gasteiger partial charge >= 0.3 is 0 Å². The number of fused-ring (bicyclic) bond motifs is 1. The molecule has 0 bridgehead atoms. The molecule has 4 aromatic rings. The molecule has 39 heavy (non-hydrogen) atoms. The average Bonchev–Trinajstić information content (AvgIpc) is 3.41. The lowest BCUT2D eigenvalue weighted by atomic mass is 10.1.